The Bertz CT molecular complexity index is 428. The molecular weight excluding hydrogens is 282 g/mol. The van der Waals surface area contributed by atoms with Crippen LogP contribution < -0.4 is 5.73 Å². The van der Waals surface area contributed by atoms with Crippen molar-refractivity contribution in [1.29, 1.82) is 0 Å². The summed E-state index contributed by atoms with van der Waals surface area (Å²) in [6, 6.07) is 10.2. The molecule has 2 N–H and O–H groups in total. The maximum Gasteiger partial charge on any atom is 0.0862 e. The summed E-state index contributed by atoms with van der Waals surface area (Å²) in [7, 11) is 0. The third kappa shape index (κ3) is 2.50. The predicted octanol–water partition coefficient (Wildman–Crippen LogP) is 4.18. The van der Waals surface area contributed by atoms with Crippen LogP contribution in [0.25, 0.3) is 11.1 Å². The van der Waals surface area contributed by atoms with E-state index in [2.05, 4.69) is 33.4 Å². The molecule has 0 spiro atoms. The van der Waals surface area contributed by atoms with Gasteiger partial charge in [0.1, 0.15) is 0 Å². The van der Waals surface area contributed by atoms with E-state index in [0.717, 1.165) is 9.47 Å². The summed E-state index contributed by atoms with van der Waals surface area (Å²) in [6.07, 6.45) is 0. The van der Waals surface area contributed by atoms with Crippen LogP contribution in [0, 0.1) is 0 Å². The molecule has 0 saturated heterocycles. The topological polar surface area (TPSA) is 26.0 Å². The van der Waals surface area contributed by atoms with Crippen molar-refractivity contribution in [3.8, 4) is 11.1 Å². The maximum absolute atomic E-state index is 5.66. The van der Waals surface area contributed by atoms with Crippen LogP contribution >= 0.6 is 39.7 Å². The SMILES string of the molecule is Cl.Nc1cc(-c2cccc(Br)c2)cs1. The van der Waals surface area contributed by atoms with Crippen LogP contribution in [-0.4, -0.2) is 0 Å². The van der Waals surface area contributed by atoms with Crippen molar-refractivity contribution in [2.24, 2.45) is 0 Å². The zero-order valence-electron chi connectivity index (χ0n) is 7.24. The first-order chi connectivity index (χ1) is 6.25. The maximum atomic E-state index is 5.66. The highest BCUT2D eigenvalue weighted by Gasteiger charge is 1.99. The van der Waals surface area contributed by atoms with Gasteiger partial charge in [-0.2, -0.15) is 0 Å². The van der Waals surface area contributed by atoms with E-state index >= 15 is 0 Å². The molecule has 1 heterocycles. The number of hydrogen-bond acceptors (Lipinski definition) is 2. The van der Waals surface area contributed by atoms with Gasteiger partial charge in [-0.3, -0.25) is 0 Å². The van der Waals surface area contributed by atoms with Crippen molar-refractivity contribution in [3.05, 3.63) is 40.2 Å². The molecule has 0 unspecified atom stereocenters. The lowest BCUT2D eigenvalue weighted by Gasteiger charge is -1.97. The molecule has 74 valence electrons. The molecule has 0 bridgehead atoms. The molecule has 2 rings (SSSR count). The summed E-state index contributed by atoms with van der Waals surface area (Å²) in [4.78, 5) is 0. The summed E-state index contributed by atoms with van der Waals surface area (Å²) >= 11 is 5.01. The molecule has 4 heteroatoms. The Hall–Kier alpha value is -0.510. The second-order valence-corrected chi connectivity index (χ2v) is 4.61. The van der Waals surface area contributed by atoms with Gasteiger partial charge in [0, 0.05) is 9.85 Å². The molecule has 1 aromatic heterocycles. The number of anilines is 1. The van der Waals surface area contributed by atoms with Gasteiger partial charge in [-0.25, -0.2) is 0 Å². The average Bonchev–Trinajstić information content (AvgIpc) is 2.52. The molecule has 0 fully saturated rings. The summed E-state index contributed by atoms with van der Waals surface area (Å²) in [5, 5.41) is 2.92. The molecule has 0 amide bonds. The minimum absolute atomic E-state index is 0. The molecule has 1 nitrogen and oxygen atoms in total. The standard InChI is InChI=1S/C10H8BrNS.ClH/c11-9-3-1-2-7(4-9)8-5-10(12)13-6-8;/h1-6H,12H2;1H. The Labute approximate surface area is 101 Å². The third-order valence-electron chi connectivity index (χ3n) is 1.78. The summed E-state index contributed by atoms with van der Waals surface area (Å²) in [6.45, 7) is 0. The van der Waals surface area contributed by atoms with Crippen LogP contribution in [0.5, 0.6) is 0 Å². The van der Waals surface area contributed by atoms with Crippen molar-refractivity contribution in [2.45, 2.75) is 0 Å². The van der Waals surface area contributed by atoms with E-state index in [9.17, 15) is 0 Å². The Morgan fingerprint density at radius 1 is 1.14 bits per heavy atom. The molecule has 1 aromatic carbocycles. The largest absolute Gasteiger partial charge is 0.391 e. The van der Waals surface area contributed by atoms with Crippen molar-refractivity contribution >= 4 is 44.7 Å². The number of nitrogens with two attached hydrogens (primary N) is 1. The number of rotatable bonds is 1. The lowest BCUT2D eigenvalue weighted by atomic mass is 10.1. The molecule has 0 saturated carbocycles. The molecular formula is C10H9BrClNS. The Morgan fingerprint density at radius 2 is 1.93 bits per heavy atom. The van der Waals surface area contributed by atoms with Gasteiger partial charge in [0.2, 0.25) is 0 Å². The van der Waals surface area contributed by atoms with Crippen LogP contribution in [0.3, 0.4) is 0 Å². The van der Waals surface area contributed by atoms with E-state index < -0.39 is 0 Å². The zero-order valence-corrected chi connectivity index (χ0v) is 10.5. The fourth-order valence-corrected chi connectivity index (χ4v) is 2.23. The van der Waals surface area contributed by atoms with E-state index in [0.29, 0.717) is 0 Å². The fourth-order valence-electron chi connectivity index (χ4n) is 1.17. The second-order valence-electron chi connectivity index (χ2n) is 2.75. The van der Waals surface area contributed by atoms with Crippen LogP contribution in [0.4, 0.5) is 5.00 Å². The lowest BCUT2D eigenvalue weighted by molar-refractivity contribution is 1.63. The fraction of sp³-hybridized carbons (Fsp3) is 0. The average molecular weight is 291 g/mol. The van der Waals surface area contributed by atoms with E-state index in [1.165, 1.54) is 11.1 Å². The first-order valence-corrected chi connectivity index (χ1v) is 5.53. The normalized spacial score (nSPS) is 9.50. The highest BCUT2D eigenvalue weighted by atomic mass is 79.9. The lowest BCUT2D eigenvalue weighted by Crippen LogP contribution is -1.76. The number of halogens is 2. The Morgan fingerprint density at radius 3 is 2.50 bits per heavy atom. The van der Waals surface area contributed by atoms with E-state index in [1.54, 1.807) is 11.3 Å². The van der Waals surface area contributed by atoms with Crippen LogP contribution in [0.1, 0.15) is 0 Å². The quantitative estimate of drug-likeness (QED) is 0.837. The van der Waals surface area contributed by atoms with Gasteiger partial charge in [-0.1, -0.05) is 28.1 Å². The van der Waals surface area contributed by atoms with Gasteiger partial charge in [0.05, 0.1) is 5.00 Å². The summed E-state index contributed by atoms with van der Waals surface area (Å²) < 4.78 is 1.09. The number of benzene rings is 1. The highest BCUT2D eigenvalue weighted by molar-refractivity contribution is 9.10. The highest BCUT2D eigenvalue weighted by Crippen LogP contribution is 2.28. The molecule has 14 heavy (non-hydrogen) atoms. The molecule has 0 aliphatic rings. The number of hydrogen-bond donors (Lipinski definition) is 1. The van der Waals surface area contributed by atoms with Gasteiger partial charge in [-0.15, -0.1) is 23.7 Å². The van der Waals surface area contributed by atoms with Gasteiger partial charge >= 0.3 is 0 Å². The Kier molecular flexibility index (Phi) is 3.98. The summed E-state index contributed by atoms with van der Waals surface area (Å²) in [5.41, 5.74) is 8.04. The van der Waals surface area contributed by atoms with Gasteiger partial charge in [0.15, 0.2) is 0 Å². The molecule has 2 aromatic rings. The van der Waals surface area contributed by atoms with Crippen LogP contribution in [-0.2, 0) is 0 Å². The number of thiophene rings is 1. The molecule has 0 atom stereocenters. The van der Waals surface area contributed by atoms with Crippen molar-refractivity contribution in [3.63, 3.8) is 0 Å². The van der Waals surface area contributed by atoms with Crippen LogP contribution in [0.2, 0.25) is 0 Å². The van der Waals surface area contributed by atoms with E-state index in [-0.39, 0.29) is 12.4 Å². The van der Waals surface area contributed by atoms with Crippen LogP contribution in [0.15, 0.2) is 40.2 Å². The van der Waals surface area contributed by atoms with E-state index in [1.807, 2.05) is 18.2 Å². The zero-order chi connectivity index (χ0) is 9.26. The Balaban J connectivity index is 0.000000980. The van der Waals surface area contributed by atoms with Gasteiger partial charge in [0.25, 0.3) is 0 Å². The van der Waals surface area contributed by atoms with Crippen molar-refractivity contribution in [1.82, 2.24) is 0 Å². The first kappa shape index (κ1) is 11.6. The second kappa shape index (κ2) is 4.82. The van der Waals surface area contributed by atoms with Crippen molar-refractivity contribution in [2.75, 3.05) is 5.73 Å². The molecule has 0 radical (unpaired) electrons. The minimum atomic E-state index is 0. The summed E-state index contributed by atoms with van der Waals surface area (Å²) in [5.74, 6) is 0. The number of nitrogen functional groups attached to an aromatic ring is 1. The first-order valence-electron chi connectivity index (χ1n) is 3.85. The minimum Gasteiger partial charge on any atom is -0.391 e. The van der Waals surface area contributed by atoms with Gasteiger partial charge < -0.3 is 5.73 Å². The predicted molar refractivity (Wildman–Crippen MR) is 69.1 cm³/mol. The third-order valence-corrected chi connectivity index (χ3v) is 3.03. The molecule has 0 aliphatic heterocycles. The van der Waals surface area contributed by atoms with Gasteiger partial charge in [-0.05, 0) is 29.3 Å². The monoisotopic (exact) mass is 289 g/mol. The van der Waals surface area contributed by atoms with E-state index in [4.69, 9.17) is 5.73 Å². The molecule has 0 aliphatic carbocycles. The van der Waals surface area contributed by atoms with Crippen molar-refractivity contribution < 1.29 is 0 Å². The smallest absolute Gasteiger partial charge is 0.0862 e.